The molecule has 1 aromatic heterocycles. The SMILES string of the molecule is CCn1cc(S(=O)(=O)N2C[C@@H](CN)[C@H](c3ccccc3)C2)cn1.Cl. The molecule has 0 radical (unpaired) electrons. The van der Waals surface area contributed by atoms with Gasteiger partial charge in [-0.15, -0.1) is 12.4 Å². The minimum Gasteiger partial charge on any atom is -0.330 e. The van der Waals surface area contributed by atoms with Crippen LogP contribution in [0.15, 0.2) is 47.6 Å². The molecular weight excluding hydrogens is 348 g/mol. The normalized spacial score (nSPS) is 21.6. The van der Waals surface area contributed by atoms with Crippen LogP contribution in [0.2, 0.25) is 0 Å². The number of nitrogens with zero attached hydrogens (tertiary/aromatic N) is 3. The maximum atomic E-state index is 12.8. The van der Waals surface area contributed by atoms with Crippen LogP contribution in [-0.4, -0.2) is 42.1 Å². The summed E-state index contributed by atoms with van der Waals surface area (Å²) in [6.45, 7) is 3.96. The second-order valence-electron chi connectivity index (χ2n) is 5.87. The predicted molar refractivity (Wildman–Crippen MR) is 95.6 cm³/mol. The van der Waals surface area contributed by atoms with Crippen molar-refractivity contribution in [1.29, 1.82) is 0 Å². The van der Waals surface area contributed by atoms with Crippen LogP contribution in [0.1, 0.15) is 18.4 Å². The van der Waals surface area contributed by atoms with Crippen LogP contribution in [-0.2, 0) is 16.6 Å². The third-order valence-electron chi connectivity index (χ3n) is 4.51. The summed E-state index contributed by atoms with van der Waals surface area (Å²) in [4.78, 5) is 0.254. The van der Waals surface area contributed by atoms with Crippen molar-refractivity contribution in [3.8, 4) is 0 Å². The fourth-order valence-corrected chi connectivity index (χ4v) is 4.62. The van der Waals surface area contributed by atoms with Crippen LogP contribution in [0.5, 0.6) is 0 Å². The van der Waals surface area contributed by atoms with Gasteiger partial charge in [0.25, 0.3) is 0 Å². The molecule has 24 heavy (non-hydrogen) atoms. The lowest BCUT2D eigenvalue weighted by atomic mass is 9.89. The molecule has 0 bridgehead atoms. The Labute approximate surface area is 149 Å². The number of halogens is 1. The van der Waals surface area contributed by atoms with Crippen molar-refractivity contribution < 1.29 is 8.42 Å². The van der Waals surface area contributed by atoms with Gasteiger partial charge in [-0.25, -0.2) is 8.42 Å². The lowest BCUT2D eigenvalue weighted by Crippen LogP contribution is -2.29. The maximum absolute atomic E-state index is 12.8. The molecule has 6 nitrogen and oxygen atoms in total. The molecule has 2 heterocycles. The Hall–Kier alpha value is -1.41. The van der Waals surface area contributed by atoms with Crippen molar-refractivity contribution in [3.05, 3.63) is 48.3 Å². The first-order valence-corrected chi connectivity index (χ1v) is 9.28. The summed E-state index contributed by atoms with van der Waals surface area (Å²) in [6, 6.07) is 10.00. The van der Waals surface area contributed by atoms with Crippen molar-refractivity contribution >= 4 is 22.4 Å². The zero-order chi connectivity index (χ0) is 16.4. The molecule has 2 aromatic rings. The Morgan fingerprint density at radius 1 is 1.25 bits per heavy atom. The summed E-state index contributed by atoms with van der Waals surface area (Å²) in [7, 11) is -3.52. The van der Waals surface area contributed by atoms with E-state index in [-0.39, 0.29) is 29.1 Å². The van der Waals surface area contributed by atoms with Crippen LogP contribution >= 0.6 is 12.4 Å². The monoisotopic (exact) mass is 370 g/mol. The van der Waals surface area contributed by atoms with E-state index < -0.39 is 10.0 Å². The van der Waals surface area contributed by atoms with E-state index in [1.54, 1.807) is 15.2 Å². The van der Waals surface area contributed by atoms with Gasteiger partial charge in [-0.3, -0.25) is 4.68 Å². The van der Waals surface area contributed by atoms with Gasteiger partial charge in [-0.1, -0.05) is 30.3 Å². The fraction of sp³-hybridized carbons (Fsp3) is 0.438. The van der Waals surface area contributed by atoms with E-state index in [0.29, 0.717) is 26.2 Å². The van der Waals surface area contributed by atoms with Gasteiger partial charge >= 0.3 is 0 Å². The number of benzene rings is 1. The molecule has 1 saturated heterocycles. The van der Waals surface area contributed by atoms with Gasteiger partial charge in [0, 0.05) is 31.7 Å². The number of nitrogens with two attached hydrogens (primary N) is 1. The lowest BCUT2D eigenvalue weighted by molar-refractivity contribution is 0.459. The Bertz CT molecular complexity index is 763. The molecule has 1 aromatic carbocycles. The van der Waals surface area contributed by atoms with Crippen LogP contribution in [0.25, 0.3) is 0 Å². The van der Waals surface area contributed by atoms with Crippen molar-refractivity contribution in [1.82, 2.24) is 14.1 Å². The first-order valence-electron chi connectivity index (χ1n) is 7.84. The van der Waals surface area contributed by atoms with Crippen LogP contribution < -0.4 is 5.73 Å². The smallest absolute Gasteiger partial charge is 0.246 e. The van der Waals surface area contributed by atoms with Gasteiger partial charge in [-0.05, 0) is 24.9 Å². The van der Waals surface area contributed by atoms with Crippen molar-refractivity contribution in [3.63, 3.8) is 0 Å². The van der Waals surface area contributed by atoms with Gasteiger partial charge in [0.1, 0.15) is 4.90 Å². The molecular formula is C16H23ClN4O2S. The molecule has 2 N–H and O–H groups in total. The third-order valence-corrected chi connectivity index (χ3v) is 6.29. The zero-order valence-corrected chi connectivity index (χ0v) is 15.2. The number of aryl methyl sites for hydroxylation is 1. The standard InChI is InChI=1S/C16H22N4O2S.ClH/c1-2-19-11-15(9-18-19)23(21,22)20-10-14(8-17)16(12-20)13-6-4-3-5-7-13;/h3-7,9,11,14,16H,2,8,10,12,17H2,1H3;1H/t14-,16+;/m1./s1. The predicted octanol–water partition coefficient (Wildman–Crippen LogP) is 1.69. The maximum Gasteiger partial charge on any atom is 0.246 e. The van der Waals surface area contributed by atoms with Crippen molar-refractivity contribution in [2.45, 2.75) is 24.3 Å². The quantitative estimate of drug-likeness (QED) is 0.868. The van der Waals surface area contributed by atoms with E-state index in [0.717, 1.165) is 5.56 Å². The summed E-state index contributed by atoms with van der Waals surface area (Å²) >= 11 is 0. The van der Waals surface area contributed by atoms with E-state index >= 15 is 0 Å². The molecule has 132 valence electrons. The highest BCUT2D eigenvalue weighted by Gasteiger charge is 2.39. The number of aromatic nitrogens is 2. The third kappa shape index (κ3) is 3.49. The first-order chi connectivity index (χ1) is 11.1. The topological polar surface area (TPSA) is 81.2 Å². The van der Waals surface area contributed by atoms with E-state index in [9.17, 15) is 8.42 Å². The van der Waals surface area contributed by atoms with Gasteiger partial charge in [-0.2, -0.15) is 9.40 Å². The molecule has 1 aliphatic rings. The van der Waals surface area contributed by atoms with Gasteiger partial charge in [0.15, 0.2) is 0 Å². The van der Waals surface area contributed by atoms with E-state index in [1.165, 1.54) is 6.20 Å². The van der Waals surface area contributed by atoms with Gasteiger partial charge < -0.3 is 5.73 Å². The fourth-order valence-electron chi connectivity index (χ4n) is 3.14. The lowest BCUT2D eigenvalue weighted by Gasteiger charge is -2.16. The number of hydrogen-bond donors (Lipinski definition) is 1. The van der Waals surface area contributed by atoms with Gasteiger partial charge in [0.05, 0.1) is 6.20 Å². The Morgan fingerprint density at radius 2 is 1.96 bits per heavy atom. The number of sulfonamides is 1. The molecule has 0 amide bonds. The second-order valence-corrected chi connectivity index (χ2v) is 7.80. The second kappa shape index (κ2) is 7.65. The summed E-state index contributed by atoms with van der Waals surface area (Å²) < 4.78 is 28.8. The van der Waals surface area contributed by atoms with Crippen LogP contribution in [0.3, 0.4) is 0 Å². The van der Waals surface area contributed by atoms with E-state index in [1.807, 2.05) is 37.3 Å². The highest BCUT2D eigenvalue weighted by atomic mass is 35.5. The minimum absolute atomic E-state index is 0. The highest BCUT2D eigenvalue weighted by Crippen LogP contribution is 2.34. The molecule has 1 aliphatic heterocycles. The Balaban J connectivity index is 0.00000208. The Morgan fingerprint density at radius 3 is 2.54 bits per heavy atom. The highest BCUT2D eigenvalue weighted by molar-refractivity contribution is 7.89. The van der Waals surface area contributed by atoms with E-state index in [2.05, 4.69) is 5.10 Å². The summed E-state index contributed by atoms with van der Waals surface area (Å²) in [6.07, 6.45) is 3.01. The van der Waals surface area contributed by atoms with Crippen molar-refractivity contribution in [2.24, 2.45) is 11.7 Å². The average molecular weight is 371 g/mol. The molecule has 8 heteroatoms. The molecule has 0 aliphatic carbocycles. The first kappa shape index (κ1) is 18.9. The number of rotatable bonds is 5. The summed E-state index contributed by atoms with van der Waals surface area (Å²) in [5.74, 6) is 0.269. The molecule has 1 fully saturated rings. The Kier molecular flexibility index (Phi) is 6.03. The van der Waals surface area contributed by atoms with Gasteiger partial charge in [0.2, 0.25) is 10.0 Å². The molecule has 3 rings (SSSR count). The van der Waals surface area contributed by atoms with Crippen molar-refractivity contribution in [2.75, 3.05) is 19.6 Å². The largest absolute Gasteiger partial charge is 0.330 e. The summed E-state index contributed by atoms with van der Waals surface area (Å²) in [5, 5.41) is 4.07. The molecule has 0 saturated carbocycles. The molecule has 0 unspecified atom stereocenters. The zero-order valence-electron chi connectivity index (χ0n) is 13.6. The van der Waals surface area contributed by atoms with Crippen LogP contribution in [0, 0.1) is 5.92 Å². The number of hydrogen-bond acceptors (Lipinski definition) is 4. The minimum atomic E-state index is -3.52. The molecule has 2 atom stereocenters. The molecule has 0 spiro atoms. The summed E-state index contributed by atoms with van der Waals surface area (Å²) in [5.41, 5.74) is 7.04. The van der Waals surface area contributed by atoms with E-state index in [4.69, 9.17) is 5.73 Å². The average Bonchev–Trinajstić information content (AvgIpc) is 3.23. The van der Waals surface area contributed by atoms with Crippen LogP contribution in [0.4, 0.5) is 0 Å².